The van der Waals surface area contributed by atoms with Crippen LogP contribution in [0.1, 0.15) is 18.0 Å². The van der Waals surface area contributed by atoms with Crippen molar-refractivity contribution in [2.75, 3.05) is 21.3 Å². The molecular formula is C12H18N2O4. The molecule has 0 saturated heterocycles. The van der Waals surface area contributed by atoms with Crippen molar-refractivity contribution >= 4 is 5.91 Å². The summed E-state index contributed by atoms with van der Waals surface area (Å²) in [6.07, 6.45) is 0.0336. The second-order valence-electron chi connectivity index (χ2n) is 3.70. The highest BCUT2D eigenvalue weighted by Gasteiger charge is 2.20. The lowest BCUT2D eigenvalue weighted by Crippen LogP contribution is -2.21. The van der Waals surface area contributed by atoms with Crippen LogP contribution >= 0.6 is 0 Å². The third-order valence-electron chi connectivity index (χ3n) is 2.56. The van der Waals surface area contributed by atoms with E-state index in [-0.39, 0.29) is 6.42 Å². The van der Waals surface area contributed by atoms with Gasteiger partial charge in [-0.2, -0.15) is 0 Å². The fourth-order valence-corrected chi connectivity index (χ4v) is 1.74. The summed E-state index contributed by atoms with van der Waals surface area (Å²) in [6.45, 7) is 0. The number of rotatable bonds is 6. The van der Waals surface area contributed by atoms with Crippen molar-refractivity contribution in [3.8, 4) is 17.2 Å². The van der Waals surface area contributed by atoms with Crippen LogP contribution in [0, 0.1) is 0 Å². The summed E-state index contributed by atoms with van der Waals surface area (Å²) in [7, 11) is 4.53. The molecule has 0 heterocycles. The molecule has 1 rings (SSSR count). The van der Waals surface area contributed by atoms with E-state index in [0.29, 0.717) is 22.8 Å². The van der Waals surface area contributed by atoms with Crippen molar-refractivity contribution in [1.82, 2.24) is 0 Å². The van der Waals surface area contributed by atoms with Crippen LogP contribution in [0.25, 0.3) is 0 Å². The first-order valence-corrected chi connectivity index (χ1v) is 5.37. The highest BCUT2D eigenvalue weighted by Crippen LogP contribution is 2.41. The van der Waals surface area contributed by atoms with E-state index in [1.807, 2.05) is 0 Å². The Morgan fingerprint density at radius 2 is 1.78 bits per heavy atom. The molecule has 6 heteroatoms. The Morgan fingerprint density at radius 3 is 2.22 bits per heavy atom. The lowest BCUT2D eigenvalue weighted by atomic mass is 10.0. The van der Waals surface area contributed by atoms with Crippen molar-refractivity contribution in [2.24, 2.45) is 11.5 Å². The molecule has 0 radical (unpaired) electrons. The predicted octanol–water partition coefficient (Wildman–Crippen LogP) is 0.588. The molecule has 0 bridgehead atoms. The number of methoxy groups -OCH3 is 3. The van der Waals surface area contributed by atoms with E-state index >= 15 is 0 Å². The van der Waals surface area contributed by atoms with Crippen molar-refractivity contribution in [2.45, 2.75) is 12.5 Å². The van der Waals surface area contributed by atoms with Gasteiger partial charge in [0.2, 0.25) is 11.7 Å². The van der Waals surface area contributed by atoms with Gasteiger partial charge in [-0.15, -0.1) is 0 Å². The highest BCUT2D eigenvalue weighted by molar-refractivity contribution is 5.75. The molecule has 100 valence electrons. The summed E-state index contributed by atoms with van der Waals surface area (Å²) in [4.78, 5) is 10.9. The Balaban J connectivity index is 3.23. The number of carbonyl (C=O) groups is 1. The third-order valence-corrected chi connectivity index (χ3v) is 2.56. The highest BCUT2D eigenvalue weighted by atomic mass is 16.5. The molecule has 18 heavy (non-hydrogen) atoms. The number of hydrogen-bond donors (Lipinski definition) is 2. The molecule has 1 amide bonds. The van der Waals surface area contributed by atoms with Crippen LogP contribution in [0.4, 0.5) is 0 Å². The SMILES string of the molecule is COc1ccc([C@H](N)CC(N)=O)c(OC)c1OC. The summed E-state index contributed by atoms with van der Waals surface area (Å²) < 4.78 is 15.7. The maximum absolute atomic E-state index is 10.9. The molecule has 0 aliphatic heterocycles. The van der Waals surface area contributed by atoms with Gasteiger partial charge in [-0.25, -0.2) is 0 Å². The van der Waals surface area contributed by atoms with Crippen molar-refractivity contribution in [1.29, 1.82) is 0 Å². The number of nitrogens with two attached hydrogens (primary N) is 2. The van der Waals surface area contributed by atoms with Gasteiger partial charge in [-0.1, -0.05) is 0 Å². The van der Waals surface area contributed by atoms with Crippen LogP contribution < -0.4 is 25.7 Å². The zero-order valence-corrected chi connectivity index (χ0v) is 10.7. The minimum absolute atomic E-state index is 0.0336. The zero-order chi connectivity index (χ0) is 13.7. The van der Waals surface area contributed by atoms with Gasteiger partial charge >= 0.3 is 0 Å². The van der Waals surface area contributed by atoms with Gasteiger partial charge in [0.15, 0.2) is 11.5 Å². The monoisotopic (exact) mass is 254 g/mol. The maximum Gasteiger partial charge on any atom is 0.219 e. The average molecular weight is 254 g/mol. The van der Waals surface area contributed by atoms with E-state index in [9.17, 15) is 4.79 Å². The minimum atomic E-state index is -0.544. The number of amides is 1. The summed E-state index contributed by atoms with van der Waals surface area (Å²) in [5.74, 6) is 0.951. The van der Waals surface area contributed by atoms with Gasteiger partial charge in [0.25, 0.3) is 0 Å². The smallest absolute Gasteiger partial charge is 0.219 e. The van der Waals surface area contributed by atoms with Gasteiger partial charge in [0.05, 0.1) is 21.3 Å². The van der Waals surface area contributed by atoms with E-state index in [1.54, 1.807) is 12.1 Å². The summed E-state index contributed by atoms with van der Waals surface area (Å²) >= 11 is 0. The molecule has 4 N–H and O–H groups in total. The Hall–Kier alpha value is -1.95. The van der Waals surface area contributed by atoms with E-state index in [0.717, 1.165) is 0 Å². The molecule has 1 aromatic carbocycles. The molecule has 0 aromatic heterocycles. The largest absolute Gasteiger partial charge is 0.493 e. The van der Waals surface area contributed by atoms with Crippen LogP contribution in [0.5, 0.6) is 17.2 Å². The fraction of sp³-hybridized carbons (Fsp3) is 0.417. The molecule has 0 fully saturated rings. The summed E-state index contributed by atoms with van der Waals surface area (Å²) in [6, 6.07) is 2.89. The normalized spacial score (nSPS) is 11.8. The quantitative estimate of drug-likeness (QED) is 0.774. The number of ether oxygens (including phenoxy) is 3. The molecule has 1 atom stereocenters. The minimum Gasteiger partial charge on any atom is -0.493 e. The Morgan fingerprint density at radius 1 is 1.17 bits per heavy atom. The Kier molecular flexibility index (Phi) is 4.79. The second kappa shape index (κ2) is 6.11. The molecule has 0 saturated carbocycles. The van der Waals surface area contributed by atoms with Gasteiger partial charge < -0.3 is 25.7 Å². The van der Waals surface area contributed by atoms with Crippen LogP contribution in [0.2, 0.25) is 0 Å². The summed E-state index contributed by atoms with van der Waals surface area (Å²) in [5, 5.41) is 0. The Labute approximate surface area is 106 Å². The van der Waals surface area contributed by atoms with Crippen LogP contribution in [0.15, 0.2) is 12.1 Å². The summed E-state index contributed by atoms with van der Waals surface area (Å²) in [5.41, 5.74) is 11.7. The van der Waals surface area contributed by atoms with E-state index in [4.69, 9.17) is 25.7 Å². The maximum atomic E-state index is 10.9. The number of benzene rings is 1. The molecule has 1 aromatic rings. The van der Waals surface area contributed by atoms with Crippen LogP contribution in [-0.2, 0) is 4.79 Å². The number of primary amides is 1. The van der Waals surface area contributed by atoms with Gasteiger partial charge in [0.1, 0.15) is 0 Å². The predicted molar refractivity (Wildman–Crippen MR) is 66.8 cm³/mol. The van der Waals surface area contributed by atoms with Crippen molar-refractivity contribution in [3.05, 3.63) is 17.7 Å². The zero-order valence-electron chi connectivity index (χ0n) is 10.7. The number of hydrogen-bond acceptors (Lipinski definition) is 5. The van der Waals surface area contributed by atoms with E-state index < -0.39 is 11.9 Å². The topological polar surface area (TPSA) is 96.8 Å². The van der Waals surface area contributed by atoms with Gasteiger partial charge in [-0.05, 0) is 12.1 Å². The van der Waals surface area contributed by atoms with Gasteiger partial charge in [0, 0.05) is 18.0 Å². The van der Waals surface area contributed by atoms with Crippen LogP contribution in [-0.4, -0.2) is 27.2 Å². The van der Waals surface area contributed by atoms with E-state index in [1.165, 1.54) is 21.3 Å². The fourth-order valence-electron chi connectivity index (χ4n) is 1.74. The lowest BCUT2D eigenvalue weighted by molar-refractivity contribution is -0.118. The molecular weight excluding hydrogens is 236 g/mol. The Bertz CT molecular complexity index is 434. The third kappa shape index (κ3) is 2.84. The molecule has 0 spiro atoms. The first-order valence-electron chi connectivity index (χ1n) is 5.37. The second-order valence-corrected chi connectivity index (χ2v) is 3.70. The first kappa shape index (κ1) is 14.1. The standard InChI is InChI=1S/C12H18N2O4/c1-16-9-5-4-7(8(13)6-10(14)15)11(17-2)12(9)18-3/h4-5,8H,6,13H2,1-3H3,(H2,14,15)/t8-/m1/s1. The lowest BCUT2D eigenvalue weighted by Gasteiger charge is -2.18. The van der Waals surface area contributed by atoms with Crippen molar-refractivity contribution in [3.63, 3.8) is 0 Å². The molecule has 0 unspecified atom stereocenters. The molecule has 0 aliphatic rings. The van der Waals surface area contributed by atoms with Crippen LogP contribution in [0.3, 0.4) is 0 Å². The number of carbonyl (C=O) groups excluding carboxylic acids is 1. The van der Waals surface area contributed by atoms with Gasteiger partial charge in [-0.3, -0.25) is 4.79 Å². The first-order chi connectivity index (χ1) is 8.54. The van der Waals surface area contributed by atoms with Crippen molar-refractivity contribution < 1.29 is 19.0 Å². The molecule has 0 aliphatic carbocycles. The average Bonchev–Trinajstić information content (AvgIpc) is 2.35. The molecule has 6 nitrogen and oxygen atoms in total. The van der Waals surface area contributed by atoms with E-state index in [2.05, 4.69) is 0 Å².